The molecule has 36 heavy (non-hydrogen) atoms. The molecule has 4 rings (SSSR count). The van der Waals surface area contributed by atoms with Crippen LogP contribution >= 0.6 is 0 Å². The number of ether oxygens (including phenoxy) is 1. The van der Waals surface area contributed by atoms with Gasteiger partial charge in [0, 0.05) is 29.6 Å². The predicted octanol–water partition coefficient (Wildman–Crippen LogP) is 2.49. The number of allylic oxidation sites excluding steroid dienone is 4. The zero-order valence-corrected chi connectivity index (χ0v) is 20.8. The molecule has 198 valence electrons. The molecule has 0 aromatic rings. The standard InChI is InChI=1S/C26H35NO9/c1-24-10-8-17(28)13-16(24)6-7-18-19-9-11-26(32,25(19,2)14-20(29)23(18)24)21(30)15-35-22(31)5-3-4-12-36-27(33)34/h6,8,10,18-20,23,29,32H,3-5,7,9,11-15H2,1-2H3/t18-,19-,20-,23+,24-,25-,26-/m0/s1. The minimum absolute atomic E-state index is 0.00204. The third-order valence-corrected chi connectivity index (χ3v) is 9.40. The molecule has 2 saturated carbocycles. The maximum absolute atomic E-state index is 13.2. The van der Waals surface area contributed by atoms with Gasteiger partial charge in [0.1, 0.15) is 5.60 Å². The number of hydrogen-bond donors (Lipinski definition) is 2. The van der Waals surface area contributed by atoms with E-state index in [0.29, 0.717) is 32.1 Å². The van der Waals surface area contributed by atoms with Gasteiger partial charge >= 0.3 is 5.97 Å². The van der Waals surface area contributed by atoms with E-state index >= 15 is 0 Å². The minimum atomic E-state index is -1.72. The van der Waals surface area contributed by atoms with E-state index in [-0.39, 0.29) is 49.4 Å². The van der Waals surface area contributed by atoms with E-state index in [1.165, 1.54) is 0 Å². The average molecular weight is 506 g/mol. The number of ketones is 2. The molecule has 0 radical (unpaired) electrons. The second kappa shape index (κ2) is 9.70. The summed E-state index contributed by atoms with van der Waals surface area (Å²) in [5.74, 6) is -1.17. The second-order valence-electron chi connectivity index (χ2n) is 11.2. The molecular formula is C26H35NO9. The Morgan fingerprint density at radius 2 is 2.03 bits per heavy atom. The summed E-state index contributed by atoms with van der Waals surface area (Å²) in [7, 11) is 0. The largest absolute Gasteiger partial charge is 0.458 e. The molecule has 4 aliphatic carbocycles. The van der Waals surface area contributed by atoms with Crippen LogP contribution in [0.25, 0.3) is 0 Å². The summed E-state index contributed by atoms with van der Waals surface area (Å²) >= 11 is 0. The fourth-order valence-electron chi connectivity index (χ4n) is 7.55. The lowest BCUT2D eigenvalue weighted by Crippen LogP contribution is -2.61. The Morgan fingerprint density at radius 1 is 1.28 bits per heavy atom. The van der Waals surface area contributed by atoms with Crippen LogP contribution in [0.2, 0.25) is 0 Å². The van der Waals surface area contributed by atoms with Crippen molar-refractivity contribution in [1.29, 1.82) is 0 Å². The van der Waals surface area contributed by atoms with Crippen LogP contribution < -0.4 is 0 Å². The molecule has 0 bridgehead atoms. The normalized spacial score (nSPS) is 38.9. The van der Waals surface area contributed by atoms with E-state index in [0.717, 1.165) is 5.57 Å². The van der Waals surface area contributed by atoms with Gasteiger partial charge in [0.2, 0.25) is 5.78 Å². The summed E-state index contributed by atoms with van der Waals surface area (Å²) in [5.41, 5.74) is -1.97. The Kier molecular flexibility index (Phi) is 7.13. The summed E-state index contributed by atoms with van der Waals surface area (Å²) in [6.45, 7) is 3.26. The van der Waals surface area contributed by atoms with Gasteiger partial charge in [-0.1, -0.05) is 31.6 Å². The van der Waals surface area contributed by atoms with Crippen molar-refractivity contribution in [2.75, 3.05) is 13.2 Å². The number of Topliss-reactive ketones (excluding diaryl/α,β-unsaturated/α-hetero) is 1. The van der Waals surface area contributed by atoms with Crippen molar-refractivity contribution in [3.8, 4) is 0 Å². The molecule has 7 atom stereocenters. The Balaban J connectivity index is 1.42. The van der Waals surface area contributed by atoms with Crippen LogP contribution in [0.5, 0.6) is 0 Å². The van der Waals surface area contributed by atoms with Gasteiger partial charge in [-0.3, -0.25) is 14.4 Å². The van der Waals surface area contributed by atoms with Crippen LogP contribution in [0.1, 0.15) is 65.2 Å². The van der Waals surface area contributed by atoms with Crippen molar-refractivity contribution in [3.05, 3.63) is 33.9 Å². The predicted molar refractivity (Wildman–Crippen MR) is 126 cm³/mol. The number of unbranched alkanes of at least 4 members (excludes halogenated alkanes) is 1. The Morgan fingerprint density at radius 3 is 2.75 bits per heavy atom. The molecule has 0 saturated heterocycles. The van der Waals surface area contributed by atoms with E-state index in [2.05, 4.69) is 17.8 Å². The number of carbonyl (C=O) groups is 3. The molecule has 10 heteroatoms. The first kappa shape index (κ1) is 26.5. The summed E-state index contributed by atoms with van der Waals surface area (Å²) < 4.78 is 5.13. The van der Waals surface area contributed by atoms with Crippen molar-refractivity contribution in [2.24, 2.45) is 28.6 Å². The number of rotatable bonds is 9. The number of esters is 1. The SMILES string of the molecule is C[C@]12C=CC(=O)CC1=CC[C@@H]1[C@@H]2[C@@H](O)C[C@@]2(C)[C@H]1CC[C@]2(O)C(=O)COC(=O)CCCCO[N+](=O)[O-]. The minimum Gasteiger partial charge on any atom is -0.458 e. The lowest BCUT2D eigenvalue weighted by Gasteiger charge is -2.58. The highest BCUT2D eigenvalue weighted by Crippen LogP contribution is 2.66. The fraction of sp³-hybridized carbons (Fsp3) is 0.731. The highest BCUT2D eigenvalue weighted by atomic mass is 16.9. The molecule has 0 spiro atoms. The molecule has 2 N–H and O–H groups in total. The first-order valence-corrected chi connectivity index (χ1v) is 12.7. The number of aliphatic hydroxyl groups excluding tert-OH is 1. The summed E-state index contributed by atoms with van der Waals surface area (Å²) in [5, 5.41) is 32.3. The van der Waals surface area contributed by atoms with Crippen LogP contribution in [0.4, 0.5) is 0 Å². The smallest absolute Gasteiger partial charge is 0.306 e. The molecule has 4 aliphatic rings. The maximum Gasteiger partial charge on any atom is 0.306 e. The van der Waals surface area contributed by atoms with E-state index < -0.39 is 46.0 Å². The van der Waals surface area contributed by atoms with Gasteiger partial charge in [-0.05, 0) is 56.4 Å². The third-order valence-electron chi connectivity index (χ3n) is 9.40. The molecule has 0 heterocycles. The van der Waals surface area contributed by atoms with Gasteiger partial charge in [-0.25, -0.2) is 0 Å². The molecule has 0 aromatic carbocycles. The van der Waals surface area contributed by atoms with Gasteiger partial charge in [0.25, 0.3) is 5.09 Å². The van der Waals surface area contributed by atoms with Crippen molar-refractivity contribution >= 4 is 17.5 Å². The lowest BCUT2D eigenvalue weighted by molar-refractivity contribution is -0.757. The van der Waals surface area contributed by atoms with Gasteiger partial charge < -0.3 is 19.8 Å². The molecule has 2 fully saturated rings. The number of carbonyl (C=O) groups excluding carboxylic acids is 3. The van der Waals surface area contributed by atoms with Crippen LogP contribution in [0, 0.1) is 38.7 Å². The highest BCUT2D eigenvalue weighted by Gasteiger charge is 2.67. The number of hydrogen-bond acceptors (Lipinski definition) is 9. The zero-order valence-electron chi connectivity index (χ0n) is 20.8. The first-order chi connectivity index (χ1) is 16.9. The van der Waals surface area contributed by atoms with E-state index in [1.807, 2.05) is 13.0 Å². The van der Waals surface area contributed by atoms with Crippen molar-refractivity contribution in [3.63, 3.8) is 0 Å². The first-order valence-electron chi connectivity index (χ1n) is 12.7. The topological polar surface area (TPSA) is 153 Å². The monoisotopic (exact) mass is 505 g/mol. The molecular weight excluding hydrogens is 470 g/mol. The Labute approximate surface area is 209 Å². The molecule has 0 unspecified atom stereocenters. The van der Waals surface area contributed by atoms with E-state index in [1.54, 1.807) is 6.08 Å². The Bertz CT molecular complexity index is 1010. The third kappa shape index (κ3) is 4.38. The summed E-state index contributed by atoms with van der Waals surface area (Å²) in [6.07, 6.45) is 7.63. The average Bonchev–Trinajstić information content (AvgIpc) is 3.08. The fourth-order valence-corrected chi connectivity index (χ4v) is 7.55. The van der Waals surface area contributed by atoms with Crippen molar-refractivity contribution in [2.45, 2.75) is 76.9 Å². The number of aliphatic hydroxyl groups is 2. The second-order valence-corrected chi connectivity index (χ2v) is 11.2. The van der Waals surface area contributed by atoms with Crippen LogP contribution in [0.15, 0.2) is 23.8 Å². The van der Waals surface area contributed by atoms with Crippen LogP contribution in [-0.2, 0) is 24.0 Å². The number of nitrogens with zero attached hydrogens (tertiary/aromatic N) is 1. The van der Waals surface area contributed by atoms with Gasteiger partial charge in [0.15, 0.2) is 12.4 Å². The van der Waals surface area contributed by atoms with E-state index in [9.17, 15) is 34.7 Å². The van der Waals surface area contributed by atoms with Crippen molar-refractivity contribution < 1.29 is 39.3 Å². The van der Waals surface area contributed by atoms with Crippen LogP contribution in [0.3, 0.4) is 0 Å². The van der Waals surface area contributed by atoms with Gasteiger partial charge in [-0.15, -0.1) is 10.1 Å². The molecule has 0 amide bonds. The lowest BCUT2D eigenvalue weighted by atomic mass is 9.47. The Hall–Kier alpha value is -2.59. The highest BCUT2D eigenvalue weighted by molar-refractivity contribution is 5.93. The quantitative estimate of drug-likeness (QED) is 0.158. The maximum atomic E-state index is 13.2. The zero-order chi connectivity index (χ0) is 26.3. The molecule has 0 aliphatic heterocycles. The number of fused-ring (bicyclic) bond motifs is 5. The summed E-state index contributed by atoms with van der Waals surface area (Å²) in [4.78, 5) is 51.6. The van der Waals surface area contributed by atoms with Crippen LogP contribution in [-0.4, -0.2) is 57.8 Å². The molecule has 10 nitrogen and oxygen atoms in total. The summed E-state index contributed by atoms with van der Waals surface area (Å²) in [6, 6.07) is 0. The van der Waals surface area contributed by atoms with Crippen molar-refractivity contribution in [1.82, 2.24) is 0 Å². The van der Waals surface area contributed by atoms with Gasteiger partial charge in [0.05, 0.1) is 12.7 Å². The van der Waals surface area contributed by atoms with Gasteiger partial charge in [-0.2, -0.15) is 0 Å². The molecule has 0 aromatic heterocycles. The van der Waals surface area contributed by atoms with E-state index in [4.69, 9.17) is 4.74 Å².